The van der Waals surface area contributed by atoms with Crippen molar-refractivity contribution < 1.29 is 23.3 Å². The molecule has 0 aliphatic carbocycles. The second-order valence-electron chi connectivity index (χ2n) is 8.72. The van der Waals surface area contributed by atoms with Gasteiger partial charge in [0.2, 0.25) is 0 Å². The maximum absolute atomic E-state index is 12.5. The Morgan fingerprint density at radius 3 is 2.39 bits per heavy atom. The second kappa shape index (κ2) is 7.98. The van der Waals surface area contributed by atoms with Crippen LogP contribution in [0.1, 0.15) is 39.7 Å². The van der Waals surface area contributed by atoms with Crippen molar-refractivity contribution in [3.05, 3.63) is 70.6 Å². The highest BCUT2D eigenvalue weighted by molar-refractivity contribution is 6.62. The van der Waals surface area contributed by atoms with Crippen LogP contribution in [0.2, 0.25) is 0 Å². The third kappa shape index (κ3) is 4.43. The van der Waals surface area contributed by atoms with Gasteiger partial charge in [-0.05, 0) is 63.3 Å². The average molecular weight is 420 g/mol. The largest absolute Gasteiger partial charge is 0.495 e. The molecule has 1 aliphatic heterocycles. The van der Waals surface area contributed by atoms with Crippen LogP contribution in [-0.4, -0.2) is 24.3 Å². The Kier molecular flexibility index (Phi) is 5.50. The summed E-state index contributed by atoms with van der Waals surface area (Å²) in [4.78, 5) is 23.9. The molecule has 0 amide bonds. The topological polar surface area (TPSA) is 75.0 Å². The molecule has 3 aromatic rings. The van der Waals surface area contributed by atoms with E-state index in [-0.39, 0.29) is 12.4 Å². The first-order valence-corrected chi connectivity index (χ1v) is 10.3. The van der Waals surface area contributed by atoms with Crippen molar-refractivity contribution in [3.8, 4) is 5.75 Å². The molecule has 31 heavy (non-hydrogen) atoms. The molecular formula is C24H25BO6. The lowest BCUT2D eigenvalue weighted by atomic mass is 9.75. The van der Waals surface area contributed by atoms with Crippen molar-refractivity contribution in [1.82, 2.24) is 0 Å². The van der Waals surface area contributed by atoms with E-state index >= 15 is 0 Å². The van der Waals surface area contributed by atoms with E-state index in [1.165, 1.54) is 6.07 Å². The van der Waals surface area contributed by atoms with Crippen LogP contribution in [0.5, 0.6) is 5.75 Å². The molecule has 1 fully saturated rings. The zero-order valence-electron chi connectivity index (χ0n) is 18.1. The highest BCUT2D eigenvalue weighted by atomic mass is 16.7. The number of aryl methyl sites for hydroxylation is 1. The van der Waals surface area contributed by atoms with Gasteiger partial charge in [0.05, 0.1) is 11.2 Å². The van der Waals surface area contributed by atoms with Crippen LogP contribution < -0.4 is 15.8 Å². The van der Waals surface area contributed by atoms with E-state index in [9.17, 15) is 9.59 Å². The third-order valence-corrected chi connectivity index (χ3v) is 5.99. The summed E-state index contributed by atoms with van der Waals surface area (Å²) in [5.41, 5.74) is 0.951. The molecule has 7 heteroatoms. The van der Waals surface area contributed by atoms with E-state index < -0.39 is 23.9 Å². The number of ether oxygens (including phenoxy) is 1. The lowest BCUT2D eigenvalue weighted by Crippen LogP contribution is -2.41. The molecule has 160 valence electrons. The van der Waals surface area contributed by atoms with E-state index in [0.717, 1.165) is 16.4 Å². The Morgan fingerprint density at radius 2 is 1.65 bits per heavy atom. The van der Waals surface area contributed by atoms with Crippen LogP contribution in [0.25, 0.3) is 11.0 Å². The van der Waals surface area contributed by atoms with Gasteiger partial charge in [0.25, 0.3) is 0 Å². The summed E-state index contributed by atoms with van der Waals surface area (Å²) in [7, 11) is -0.486. The van der Waals surface area contributed by atoms with Crippen LogP contribution in [0, 0.1) is 0 Å². The van der Waals surface area contributed by atoms with Gasteiger partial charge < -0.3 is 18.5 Å². The smallest absolute Gasteiger partial charge is 0.426 e. The van der Waals surface area contributed by atoms with Gasteiger partial charge >= 0.3 is 18.7 Å². The summed E-state index contributed by atoms with van der Waals surface area (Å²) in [5.74, 6) is -0.0348. The van der Waals surface area contributed by atoms with Crippen molar-refractivity contribution in [1.29, 1.82) is 0 Å². The molecule has 1 aromatic heterocycles. The van der Waals surface area contributed by atoms with Crippen molar-refractivity contribution >= 4 is 29.5 Å². The molecule has 4 rings (SSSR count). The number of esters is 1. The second-order valence-corrected chi connectivity index (χ2v) is 8.72. The number of hydrogen-bond donors (Lipinski definition) is 0. The van der Waals surface area contributed by atoms with Crippen LogP contribution in [0.4, 0.5) is 0 Å². The number of rotatable bonds is 5. The van der Waals surface area contributed by atoms with Gasteiger partial charge in [0, 0.05) is 23.9 Å². The summed E-state index contributed by atoms with van der Waals surface area (Å²) >= 11 is 0. The zero-order valence-corrected chi connectivity index (χ0v) is 18.1. The monoisotopic (exact) mass is 420 g/mol. The summed E-state index contributed by atoms with van der Waals surface area (Å²) in [6.07, 6.45) is 0.676. The molecule has 0 saturated carbocycles. The predicted molar refractivity (Wildman–Crippen MR) is 119 cm³/mol. The van der Waals surface area contributed by atoms with Crippen LogP contribution in [-0.2, 0) is 20.5 Å². The molecule has 1 saturated heterocycles. The maximum atomic E-state index is 12.5. The Hall–Kier alpha value is -2.90. The van der Waals surface area contributed by atoms with Crippen molar-refractivity contribution in [2.45, 2.75) is 51.7 Å². The van der Waals surface area contributed by atoms with E-state index in [1.54, 1.807) is 24.3 Å². The Morgan fingerprint density at radius 1 is 0.968 bits per heavy atom. The van der Waals surface area contributed by atoms with Crippen LogP contribution in [0.3, 0.4) is 0 Å². The first-order valence-electron chi connectivity index (χ1n) is 10.3. The van der Waals surface area contributed by atoms with Gasteiger partial charge in [-0.1, -0.05) is 24.3 Å². The summed E-state index contributed by atoms with van der Waals surface area (Å²) in [6.45, 7) is 8.05. The Labute approximate surface area is 181 Å². The minimum Gasteiger partial charge on any atom is -0.426 e. The van der Waals surface area contributed by atoms with Gasteiger partial charge in [-0.2, -0.15) is 0 Å². The molecule has 2 heterocycles. The molecule has 0 spiro atoms. The first-order chi connectivity index (χ1) is 14.6. The Bertz CT molecular complexity index is 1160. The van der Waals surface area contributed by atoms with Gasteiger partial charge in [-0.15, -0.1) is 0 Å². The van der Waals surface area contributed by atoms with Crippen LogP contribution >= 0.6 is 0 Å². The first kappa shape index (κ1) is 21.3. The molecule has 0 radical (unpaired) electrons. The van der Waals surface area contributed by atoms with Crippen molar-refractivity contribution in [3.63, 3.8) is 0 Å². The number of benzene rings is 2. The highest BCUT2D eigenvalue weighted by Gasteiger charge is 2.52. The minimum atomic E-state index is -0.486. The minimum absolute atomic E-state index is 0.188. The zero-order chi connectivity index (χ0) is 22.2. The average Bonchev–Trinajstić information content (AvgIpc) is 2.93. The molecule has 2 aromatic carbocycles. The van der Waals surface area contributed by atoms with Crippen molar-refractivity contribution in [2.24, 2.45) is 0 Å². The van der Waals surface area contributed by atoms with E-state index in [0.29, 0.717) is 17.8 Å². The number of fused-ring (bicyclic) bond motifs is 1. The van der Waals surface area contributed by atoms with Crippen LogP contribution in [0.15, 0.2) is 63.8 Å². The quantitative estimate of drug-likeness (QED) is 0.272. The molecule has 0 unspecified atom stereocenters. The number of carbonyl (C=O) groups excluding carboxylic acids is 1. The number of hydrogen-bond acceptors (Lipinski definition) is 6. The van der Waals surface area contributed by atoms with Gasteiger partial charge in [0.15, 0.2) is 0 Å². The summed E-state index contributed by atoms with van der Waals surface area (Å²) in [6, 6.07) is 15.8. The fraction of sp³-hybridized carbons (Fsp3) is 0.333. The van der Waals surface area contributed by atoms with Gasteiger partial charge in [-0.3, -0.25) is 4.79 Å². The third-order valence-electron chi connectivity index (χ3n) is 5.99. The van der Waals surface area contributed by atoms with Crippen molar-refractivity contribution in [2.75, 3.05) is 0 Å². The SMILES string of the molecule is CC1(C)OB(c2ccccc2CCC(=O)Oc2ccc3ccc(=O)oc3c2)OC1(C)C. The van der Waals surface area contributed by atoms with E-state index in [2.05, 4.69) is 0 Å². The Balaban J connectivity index is 1.44. The molecule has 6 nitrogen and oxygen atoms in total. The summed E-state index contributed by atoms with van der Waals surface area (Å²) in [5, 5.41) is 0.760. The normalized spacial score (nSPS) is 17.1. The molecule has 0 bridgehead atoms. The lowest BCUT2D eigenvalue weighted by molar-refractivity contribution is -0.134. The van der Waals surface area contributed by atoms with E-state index in [4.69, 9.17) is 18.5 Å². The molecule has 1 aliphatic rings. The fourth-order valence-electron chi connectivity index (χ4n) is 3.49. The van der Waals surface area contributed by atoms with Gasteiger partial charge in [-0.25, -0.2) is 4.79 Å². The lowest BCUT2D eigenvalue weighted by Gasteiger charge is -2.32. The molecule has 0 N–H and O–H groups in total. The number of carbonyl (C=O) groups is 1. The van der Waals surface area contributed by atoms with Gasteiger partial charge in [0.1, 0.15) is 11.3 Å². The maximum Gasteiger partial charge on any atom is 0.495 e. The molecular weight excluding hydrogens is 395 g/mol. The standard InChI is InChI=1S/C24H25BO6/c1-23(2)24(3,4)31-25(30-23)19-8-6-5-7-16(19)10-13-21(26)28-18-12-9-17-11-14-22(27)29-20(17)15-18/h5-9,11-12,14-15H,10,13H2,1-4H3. The summed E-state index contributed by atoms with van der Waals surface area (Å²) < 4.78 is 22.9. The molecule has 0 atom stereocenters. The predicted octanol–water partition coefficient (Wildman–Crippen LogP) is 3.63. The highest BCUT2D eigenvalue weighted by Crippen LogP contribution is 2.36. The fourth-order valence-corrected chi connectivity index (χ4v) is 3.49. The van der Waals surface area contributed by atoms with E-state index in [1.807, 2.05) is 52.0 Å².